The molecule has 4 rings (SSSR count). The lowest BCUT2D eigenvalue weighted by Crippen LogP contribution is -2.44. The molecule has 0 radical (unpaired) electrons. The van der Waals surface area contributed by atoms with Gasteiger partial charge >= 0.3 is 0 Å². The number of hydrogen-bond donors (Lipinski definition) is 4. The van der Waals surface area contributed by atoms with Gasteiger partial charge in [0, 0.05) is 35.0 Å². The summed E-state index contributed by atoms with van der Waals surface area (Å²) in [5.41, 5.74) is 8.07. The molecule has 0 unspecified atom stereocenters. The van der Waals surface area contributed by atoms with Gasteiger partial charge in [-0.1, -0.05) is 30.3 Å². The van der Waals surface area contributed by atoms with E-state index in [0.29, 0.717) is 35.6 Å². The number of rotatable bonds is 6. The third-order valence-corrected chi connectivity index (χ3v) is 4.76. The number of anilines is 1. The minimum Gasteiger partial charge on any atom is -0.383 e. The van der Waals surface area contributed by atoms with Crippen molar-refractivity contribution in [2.75, 3.05) is 25.1 Å². The van der Waals surface area contributed by atoms with E-state index in [1.54, 1.807) is 24.4 Å². The molecule has 1 fully saturated rings. The van der Waals surface area contributed by atoms with Crippen molar-refractivity contribution < 1.29 is 9.53 Å². The molecule has 1 aromatic heterocycles. The number of aromatic amines is 1. The minimum atomic E-state index is -0.263. The number of aromatic nitrogens is 2. The van der Waals surface area contributed by atoms with Crippen molar-refractivity contribution in [2.45, 2.75) is 6.04 Å². The fourth-order valence-corrected chi connectivity index (χ4v) is 3.03. The fraction of sp³-hybridized carbons (Fsp3) is 0.190. The molecule has 0 saturated carbocycles. The standard InChI is InChI=1S/C21H21N5O3/c22-9-14(10-23-16-11-29-12-16)20(27)24-15-7-5-13(6-8-15)19-17-3-1-2-4-18(17)21(28)26-25-19/h1-8,10,16,23H,9,11-12,22H2,(H,24,27)(H,26,28)/b14-10+. The molecule has 0 aliphatic carbocycles. The van der Waals surface area contributed by atoms with Crippen molar-refractivity contribution in [3.63, 3.8) is 0 Å². The first-order chi connectivity index (χ1) is 14.2. The maximum atomic E-state index is 12.4. The van der Waals surface area contributed by atoms with Gasteiger partial charge in [-0.3, -0.25) is 9.59 Å². The van der Waals surface area contributed by atoms with E-state index in [1.807, 2.05) is 30.3 Å². The minimum absolute atomic E-state index is 0.123. The Kier molecular flexibility index (Phi) is 5.37. The number of ether oxygens (including phenoxy) is 1. The van der Waals surface area contributed by atoms with Crippen molar-refractivity contribution in [3.05, 3.63) is 70.7 Å². The van der Waals surface area contributed by atoms with Crippen molar-refractivity contribution in [1.29, 1.82) is 0 Å². The lowest BCUT2D eigenvalue weighted by molar-refractivity contribution is -0.112. The van der Waals surface area contributed by atoms with Crippen LogP contribution in [0.2, 0.25) is 0 Å². The van der Waals surface area contributed by atoms with Gasteiger partial charge < -0.3 is 21.1 Å². The second-order valence-electron chi connectivity index (χ2n) is 6.75. The van der Waals surface area contributed by atoms with Gasteiger partial charge in [-0.2, -0.15) is 5.10 Å². The molecule has 1 saturated heterocycles. The molecular weight excluding hydrogens is 370 g/mol. The Morgan fingerprint density at radius 3 is 2.55 bits per heavy atom. The summed E-state index contributed by atoms with van der Waals surface area (Å²) in [5.74, 6) is -0.263. The van der Waals surface area contributed by atoms with E-state index in [4.69, 9.17) is 10.5 Å². The molecule has 1 amide bonds. The average molecular weight is 391 g/mol. The van der Waals surface area contributed by atoms with Crippen LogP contribution in [0.4, 0.5) is 5.69 Å². The van der Waals surface area contributed by atoms with Crippen LogP contribution in [-0.2, 0) is 9.53 Å². The normalized spacial score (nSPS) is 14.4. The van der Waals surface area contributed by atoms with Crippen LogP contribution in [0.5, 0.6) is 0 Å². The number of H-pyrrole nitrogens is 1. The van der Waals surface area contributed by atoms with Crippen molar-refractivity contribution in [3.8, 4) is 11.3 Å². The Labute approximate surface area is 166 Å². The molecule has 148 valence electrons. The monoisotopic (exact) mass is 391 g/mol. The number of amides is 1. The van der Waals surface area contributed by atoms with Gasteiger partial charge in [0.15, 0.2) is 0 Å². The van der Waals surface area contributed by atoms with Crippen molar-refractivity contribution >= 4 is 22.4 Å². The Morgan fingerprint density at radius 1 is 1.17 bits per heavy atom. The van der Waals surface area contributed by atoms with Crippen LogP contribution < -0.4 is 21.9 Å². The summed E-state index contributed by atoms with van der Waals surface area (Å²) in [6.45, 7) is 1.38. The summed E-state index contributed by atoms with van der Waals surface area (Å²) in [6, 6.07) is 14.8. The molecule has 2 heterocycles. The molecule has 0 spiro atoms. The second-order valence-corrected chi connectivity index (χ2v) is 6.75. The zero-order valence-corrected chi connectivity index (χ0v) is 15.6. The first-order valence-electron chi connectivity index (χ1n) is 9.28. The Balaban J connectivity index is 1.52. The number of nitrogens with two attached hydrogens (primary N) is 1. The highest BCUT2D eigenvalue weighted by atomic mass is 16.5. The molecule has 1 aliphatic rings. The third kappa shape index (κ3) is 4.03. The van der Waals surface area contributed by atoms with Crippen LogP contribution in [-0.4, -0.2) is 41.9 Å². The van der Waals surface area contributed by atoms with Gasteiger partial charge in [0.05, 0.1) is 30.3 Å². The van der Waals surface area contributed by atoms with Crippen LogP contribution in [0, 0.1) is 0 Å². The van der Waals surface area contributed by atoms with E-state index in [9.17, 15) is 9.59 Å². The molecule has 0 atom stereocenters. The predicted molar refractivity (Wildman–Crippen MR) is 111 cm³/mol. The van der Waals surface area contributed by atoms with E-state index < -0.39 is 0 Å². The summed E-state index contributed by atoms with van der Waals surface area (Å²) in [6.07, 6.45) is 1.65. The molecule has 29 heavy (non-hydrogen) atoms. The number of carbonyl (C=O) groups excluding carboxylic acids is 1. The number of carbonyl (C=O) groups is 1. The van der Waals surface area contributed by atoms with Gasteiger partial charge in [0.2, 0.25) is 0 Å². The van der Waals surface area contributed by atoms with Gasteiger partial charge in [-0.15, -0.1) is 0 Å². The molecule has 8 heteroatoms. The Bertz CT molecular complexity index is 1120. The second kappa shape index (κ2) is 8.26. The summed E-state index contributed by atoms with van der Waals surface area (Å²) in [7, 11) is 0. The Hall–Kier alpha value is -3.49. The van der Waals surface area contributed by atoms with Crippen LogP contribution in [0.3, 0.4) is 0 Å². The number of nitrogens with zero attached hydrogens (tertiary/aromatic N) is 1. The molecule has 5 N–H and O–H groups in total. The van der Waals surface area contributed by atoms with E-state index in [0.717, 1.165) is 10.9 Å². The molecule has 2 aromatic carbocycles. The van der Waals surface area contributed by atoms with Crippen LogP contribution >= 0.6 is 0 Å². The molecule has 1 aliphatic heterocycles. The highest BCUT2D eigenvalue weighted by Crippen LogP contribution is 2.25. The van der Waals surface area contributed by atoms with Crippen LogP contribution in [0.15, 0.2) is 65.1 Å². The fourth-order valence-electron chi connectivity index (χ4n) is 3.03. The maximum absolute atomic E-state index is 12.4. The van der Waals surface area contributed by atoms with Gasteiger partial charge in [-0.05, 0) is 18.2 Å². The van der Waals surface area contributed by atoms with Gasteiger partial charge in [0.25, 0.3) is 11.5 Å². The lowest BCUT2D eigenvalue weighted by atomic mass is 10.0. The van der Waals surface area contributed by atoms with Crippen LogP contribution in [0.25, 0.3) is 22.0 Å². The summed E-state index contributed by atoms with van der Waals surface area (Å²) in [5, 5.41) is 14.0. The highest BCUT2D eigenvalue weighted by Gasteiger charge is 2.17. The molecule has 0 bridgehead atoms. The van der Waals surface area contributed by atoms with Gasteiger partial charge in [0.1, 0.15) is 0 Å². The predicted octanol–water partition coefficient (Wildman–Crippen LogP) is 1.36. The largest absolute Gasteiger partial charge is 0.383 e. The van der Waals surface area contributed by atoms with Crippen molar-refractivity contribution in [2.24, 2.45) is 5.73 Å². The highest BCUT2D eigenvalue weighted by molar-refractivity contribution is 6.04. The molecular formula is C21H21N5O3. The number of nitrogens with one attached hydrogen (secondary N) is 3. The first kappa shape index (κ1) is 18.9. The van der Waals surface area contributed by atoms with Crippen molar-refractivity contribution in [1.82, 2.24) is 15.5 Å². The smallest absolute Gasteiger partial charge is 0.272 e. The SMILES string of the molecule is NC/C(=C\NC1COC1)C(=O)Nc1ccc(-c2n[nH]c(=O)c3ccccc23)cc1. The molecule has 8 nitrogen and oxygen atoms in total. The van der Waals surface area contributed by atoms with E-state index in [-0.39, 0.29) is 24.1 Å². The topological polar surface area (TPSA) is 122 Å². The molecule has 3 aromatic rings. The van der Waals surface area contributed by atoms with E-state index in [1.165, 1.54) is 0 Å². The average Bonchev–Trinajstić information content (AvgIpc) is 2.71. The third-order valence-electron chi connectivity index (χ3n) is 4.76. The van der Waals surface area contributed by atoms with E-state index in [2.05, 4.69) is 20.8 Å². The summed E-state index contributed by atoms with van der Waals surface area (Å²) < 4.78 is 5.09. The summed E-state index contributed by atoms with van der Waals surface area (Å²) >= 11 is 0. The van der Waals surface area contributed by atoms with Gasteiger partial charge in [-0.25, -0.2) is 5.10 Å². The zero-order chi connectivity index (χ0) is 20.2. The quantitative estimate of drug-likeness (QED) is 0.471. The van der Waals surface area contributed by atoms with E-state index >= 15 is 0 Å². The van der Waals surface area contributed by atoms with Crippen LogP contribution in [0.1, 0.15) is 0 Å². The maximum Gasteiger partial charge on any atom is 0.272 e. The Morgan fingerprint density at radius 2 is 1.90 bits per heavy atom. The summed E-state index contributed by atoms with van der Waals surface area (Å²) in [4.78, 5) is 24.4. The number of benzene rings is 2. The zero-order valence-electron chi connectivity index (χ0n) is 15.6. The number of fused-ring (bicyclic) bond motifs is 1. The first-order valence-corrected chi connectivity index (χ1v) is 9.28. The number of hydrogen-bond acceptors (Lipinski definition) is 6. The lowest BCUT2D eigenvalue weighted by Gasteiger charge is -2.26.